The minimum absolute atomic E-state index is 0. The lowest BCUT2D eigenvalue weighted by Gasteiger charge is -2.26. The summed E-state index contributed by atoms with van der Waals surface area (Å²) in [6.45, 7) is 11.0. The van der Waals surface area contributed by atoms with Crippen LogP contribution in [0, 0.1) is 0 Å². The minimum atomic E-state index is 0. The highest BCUT2D eigenvalue weighted by Gasteiger charge is 2.36. The third-order valence-corrected chi connectivity index (χ3v) is 14.0. The third kappa shape index (κ3) is 6.95. The number of hydrogen-bond donors (Lipinski definition) is 4. The molecule has 1 fully saturated rings. The fourth-order valence-electron chi connectivity index (χ4n) is 7.29. The zero-order chi connectivity index (χ0) is 35.5. The van der Waals surface area contributed by atoms with Crippen LogP contribution in [-0.4, -0.2) is 44.1 Å². The summed E-state index contributed by atoms with van der Waals surface area (Å²) < 4.78 is 2.42. The van der Waals surface area contributed by atoms with E-state index in [-0.39, 0.29) is 18.5 Å². The Morgan fingerprint density at radius 2 is 1.30 bits per heavy atom. The van der Waals surface area contributed by atoms with E-state index in [0.29, 0.717) is 5.92 Å². The summed E-state index contributed by atoms with van der Waals surface area (Å²) in [5, 5.41) is 16.6. The Hall–Kier alpha value is -4.30. The van der Waals surface area contributed by atoms with E-state index in [0.717, 1.165) is 61.9 Å². The average Bonchev–Trinajstić information content (AvgIpc) is 3.97. The summed E-state index contributed by atoms with van der Waals surface area (Å²) in [6.07, 6.45) is 7.24. The Morgan fingerprint density at radius 1 is 0.698 bits per heavy atom. The number of pyridine rings is 2. The molecule has 0 radical (unpaired) electrons. The van der Waals surface area contributed by atoms with E-state index in [9.17, 15) is 0 Å². The van der Waals surface area contributed by atoms with Gasteiger partial charge in [-0.15, -0.1) is 45.3 Å². The van der Waals surface area contributed by atoms with Gasteiger partial charge in [0.05, 0.1) is 42.8 Å². The van der Waals surface area contributed by atoms with Gasteiger partial charge in [0.1, 0.15) is 9.66 Å². The van der Waals surface area contributed by atoms with Crippen LogP contribution >= 0.6 is 45.3 Å². The molecule has 1 saturated heterocycles. The van der Waals surface area contributed by atoms with Gasteiger partial charge in [-0.1, -0.05) is 13.5 Å². The first kappa shape index (κ1) is 35.7. The summed E-state index contributed by atoms with van der Waals surface area (Å²) in [6, 6.07) is 21.3. The summed E-state index contributed by atoms with van der Waals surface area (Å²) in [4.78, 5) is 22.9. The topological polar surface area (TPSA) is 99.7 Å². The van der Waals surface area contributed by atoms with Crippen LogP contribution in [-0.2, 0) is 0 Å². The van der Waals surface area contributed by atoms with E-state index < -0.39 is 0 Å². The fraction of sp³-hybridized carbons (Fsp3) is 0.268. The number of thiazole rings is 2. The first-order chi connectivity index (χ1) is 25.2. The first-order valence-electron chi connectivity index (χ1n) is 17.4. The van der Waals surface area contributed by atoms with Crippen LogP contribution in [0.4, 0.5) is 22.7 Å². The average molecular weight is 775 g/mol. The number of nitrogens with zero attached hydrogens (tertiary/aromatic N) is 4. The molecule has 53 heavy (non-hydrogen) atoms. The Morgan fingerprint density at radius 3 is 1.87 bits per heavy atom. The molecule has 10 rings (SSSR count). The zero-order valence-corrected chi connectivity index (χ0v) is 32.5. The number of fused-ring (bicyclic) bond motifs is 4. The third-order valence-electron chi connectivity index (χ3n) is 10.1. The molecule has 0 saturated carbocycles. The van der Waals surface area contributed by atoms with Crippen LogP contribution in [0.15, 0.2) is 90.2 Å². The molecule has 0 bridgehead atoms. The summed E-state index contributed by atoms with van der Waals surface area (Å²) in [5.74, 6) is 0.543. The molecule has 2 aliphatic heterocycles. The van der Waals surface area contributed by atoms with E-state index >= 15 is 0 Å². The number of nitrogens with one attached hydrogen (secondary N) is 4. The van der Waals surface area contributed by atoms with Gasteiger partial charge in [0.25, 0.3) is 0 Å². The highest BCUT2D eigenvalue weighted by Crippen LogP contribution is 2.43. The largest absolute Gasteiger partial charge is 0.355 e. The van der Waals surface area contributed by atoms with E-state index in [1.54, 1.807) is 34.0 Å². The normalized spacial score (nSPS) is 17.5. The quantitative estimate of drug-likeness (QED) is 0.133. The SMILES string of the molecule is C.CC1(C)NCC=C1c1cc2c(Nc3ccc4scnc4c3)ccnc2s1.CC1(C)NCCC1c1cc2c(Nc3ccc4scnc4c3)ccnc2s1. The monoisotopic (exact) mass is 774 g/mol. The molecule has 0 amide bonds. The van der Waals surface area contributed by atoms with E-state index in [1.165, 1.54) is 36.5 Å². The van der Waals surface area contributed by atoms with E-state index in [4.69, 9.17) is 0 Å². The zero-order valence-electron chi connectivity index (χ0n) is 29.3. The molecule has 2 aromatic carbocycles. The molecule has 0 aliphatic carbocycles. The molecular formula is C41H42N8S4. The van der Waals surface area contributed by atoms with Crippen molar-refractivity contribution in [2.75, 3.05) is 23.7 Å². The molecule has 8 nitrogen and oxygen atoms in total. The van der Waals surface area contributed by atoms with Crippen LogP contribution < -0.4 is 21.3 Å². The highest BCUT2D eigenvalue weighted by molar-refractivity contribution is 7.20. The van der Waals surface area contributed by atoms with Gasteiger partial charge in [-0.05, 0) is 107 Å². The summed E-state index contributed by atoms with van der Waals surface area (Å²) in [5.41, 5.74) is 11.6. The smallest absolute Gasteiger partial charge is 0.125 e. The van der Waals surface area contributed by atoms with Crippen LogP contribution in [0.5, 0.6) is 0 Å². The van der Waals surface area contributed by atoms with Gasteiger partial charge in [0.2, 0.25) is 0 Å². The number of thiophene rings is 2. The lowest BCUT2D eigenvalue weighted by atomic mass is 9.88. The summed E-state index contributed by atoms with van der Waals surface area (Å²) in [7, 11) is 0. The van der Waals surface area contributed by atoms with Gasteiger partial charge >= 0.3 is 0 Å². The predicted octanol–water partition coefficient (Wildman–Crippen LogP) is 11.6. The molecule has 8 aromatic rings. The Balaban J connectivity index is 0.000000148. The van der Waals surface area contributed by atoms with Crippen LogP contribution in [0.25, 0.3) is 46.4 Å². The number of anilines is 4. The maximum absolute atomic E-state index is 4.61. The van der Waals surface area contributed by atoms with E-state index in [2.05, 4.69) is 130 Å². The van der Waals surface area contributed by atoms with Gasteiger partial charge in [0.15, 0.2) is 0 Å². The molecule has 4 N–H and O–H groups in total. The van der Waals surface area contributed by atoms with Gasteiger partial charge in [-0.25, -0.2) is 19.9 Å². The Bertz CT molecular complexity index is 2610. The van der Waals surface area contributed by atoms with E-state index in [1.807, 2.05) is 40.8 Å². The molecular weight excluding hydrogens is 733 g/mol. The molecule has 0 spiro atoms. The second kappa shape index (κ2) is 14.2. The lowest BCUT2D eigenvalue weighted by molar-refractivity contribution is 0.415. The van der Waals surface area contributed by atoms with Gasteiger partial charge in [-0.2, -0.15) is 0 Å². The van der Waals surface area contributed by atoms with Crippen LogP contribution in [0.3, 0.4) is 0 Å². The van der Waals surface area contributed by atoms with Crippen molar-refractivity contribution in [3.63, 3.8) is 0 Å². The van der Waals surface area contributed by atoms with Crippen molar-refractivity contribution in [1.82, 2.24) is 30.6 Å². The highest BCUT2D eigenvalue weighted by atomic mass is 32.1. The van der Waals surface area contributed by atoms with Gasteiger partial charge in [0, 0.05) is 67.8 Å². The molecule has 6 aromatic heterocycles. The second-order valence-electron chi connectivity index (χ2n) is 14.3. The number of rotatable bonds is 6. The molecule has 1 atom stereocenters. The molecule has 8 heterocycles. The van der Waals surface area contributed by atoms with Gasteiger partial charge < -0.3 is 21.3 Å². The standard InChI is InChI=1S/C20H20N4S2.C20H18N4S2.CH4/c2*1-20(2)14(5-8-23-20)18-10-13-15(6-7-21-19(13)26-18)24-12-3-4-17-16(9-12)22-11-25-17;/h3-4,6-7,9-11,14,23H,5,8H2,1-2H3,(H,21,24);3-7,9-11,23H,8H2,1-2H3,(H,21,24);1H4. The molecule has 1 unspecified atom stereocenters. The minimum Gasteiger partial charge on any atom is -0.355 e. The predicted molar refractivity (Wildman–Crippen MR) is 231 cm³/mol. The first-order valence-corrected chi connectivity index (χ1v) is 20.8. The number of hydrogen-bond acceptors (Lipinski definition) is 12. The maximum Gasteiger partial charge on any atom is 0.125 e. The Labute approximate surface area is 325 Å². The van der Waals surface area contributed by atoms with Crippen molar-refractivity contribution in [1.29, 1.82) is 0 Å². The van der Waals surface area contributed by atoms with Crippen molar-refractivity contribution < 1.29 is 0 Å². The molecule has 270 valence electrons. The number of benzene rings is 2. The van der Waals surface area contributed by atoms with Crippen LogP contribution in [0.2, 0.25) is 0 Å². The summed E-state index contributed by atoms with van der Waals surface area (Å²) >= 11 is 6.91. The van der Waals surface area contributed by atoms with Crippen molar-refractivity contribution in [3.8, 4) is 0 Å². The van der Waals surface area contributed by atoms with Crippen molar-refractivity contribution in [2.24, 2.45) is 0 Å². The fourth-order valence-corrected chi connectivity index (χ4v) is 11.2. The van der Waals surface area contributed by atoms with Crippen LogP contribution in [0.1, 0.15) is 57.2 Å². The van der Waals surface area contributed by atoms with Gasteiger partial charge in [-0.3, -0.25) is 0 Å². The molecule has 2 aliphatic rings. The lowest BCUT2D eigenvalue weighted by Crippen LogP contribution is -2.36. The number of aromatic nitrogens is 4. The van der Waals surface area contributed by atoms with Crippen molar-refractivity contribution >= 4 is 115 Å². The maximum atomic E-state index is 4.61. The van der Waals surface area contributed by atoms with Crippen molar-refractivity contribution in [3.05, 3.63) is 99.9 Å². The second-order valence-corrected chi connectivity index (χ2v) is 18.2. The Kier molecular flexibility index (Phi) is 9.54. The molecule has 12 heteroatoms. The van der Waals surface area contributed by atoms with Crippen molar-refractivity contribution in [2.45, 2.75) is 58.5 Å².